The Labute approximate surface area is 146 Å². The smallest absolute Gasteiger partial charge is 0.265 e. The minimum Gasteiger partial charge on any atom is -0.484 e. The van der Waals surface area contributed by atoms with Crippen LogP contribution in [0.1, 0.15) is 11.1 Å². The van der Waals surface area contributed by atoms with Crippen molar-refractivity contribution in [2.75, 3.05) is 18.1 Å². The summed E-state index contributed by atoms with van der Waals surface area (Å²) in [5, 5.41) is 0. The van der Waals surface area contributed by atoms with Gasteiger partial charge in [-0.05, 0) is 49.2 Å². The highest BCUT2D eigenvalue weighted by Crippen LogP contribution is 2.33. The zero-order chi connectivity index (χ0) is 18.0. The fourth-order valence-electron chi connectivity index (χ4n) is 2.86. The molecule has 0 aliphatic carbocycles. The van der Waals surface area contributed by atoms with Crippen molar-refractivity contribution in [2.24, 2.45) is 5.73 Å². The van der Waals surface area contributed by atoms with Gasteiger partial charge in [0.15, 0.2) is 12.7 Å². The number of benzene rings is 2. The number of primary amides is 1. The van der Waals surface area contributed by atoms with E-state index in [4.69, 9.17) is 15.2 Å². The molecule has 0 saturated heterocycles. The lowest BCUT2D eigenvalue weighted by molar-refractivity contribution is -0.125. The number of nitrogens with two attached hydrogens (primary N) is 1. The maximum Gasteiger partial charge on any atom is 0.265 e. The van der Waals surface area contributed by atoms with Gasteiger partial charge in [-0.25, -0.2) is 0 Å². The quantitative estimate of drug-likeness (QED) is 0.922. The van der Waals surface area contributed by atoms with E-state index >= 15 is 0 Å². The molecule has 2 amide bonds. The van der Waals surface area contributed by atoms with Gasteiger partial charge >= 0.3 is 0 Å². The van der Waals surface area contributed by atoms with E-state index in [1.807, 2.05) is 32.0 Å². The number of aryl methyl sites for hydroxylation is 2. The molecule has 6 heteroatoms. The predicted molar refractivity (Wildman–Crippen MR) is 93.8 cm³/mol. The van der Waals surface area contributed by atoms with Crippen LogP contribution in [0.4, 0.5) is 5.69 Å². The average Bonchev–Trinajstić information content (AvgIpc) is 2.57. The van der Waals surface area contributed by atoms with Gasteiger partial charge in [0.1, 0.15) is 11.5 Å². The molecule has 1 heterocycles. The van der Waals surface area contributed by atoms with Gasteiger partial charge in [0.05, 0.1) is 12.2 Å². The number of anilines is 1. The van der Waals surface area contributed by atoms with E-state index < -0.39 is 12.0 Å². The van der Waals surface area contributed by atoms with E-state index in [9.17, 15) is 9.59 Å². The first-order valence-electron chi connectivity index (χ1n) is 8.00. The Bertz CT molecular complexity index is 799. The van der Waals surface area contributed by atoms with Crippen LogP contribution in [-0.4, -0.2) is 31.1 Å². The van der Waals surface area contributed by atoms with Gasteiger partial charge in [-0.3, -0.25) is 9.59 Å². The molecule has 0 bridgehead atoms. The van der Waals surface area contributed by atoms with E-state index in [-0.39, 0.29) is 19.1 Å². The first-order chi connectivity index (χ1) is 11.9. The van der Waals surface area contributed by atoms with Crippen molar-refractivity contribution in [2.45, 2.75) is 20.0 Å². The highest BCUT2D eigenvalue weighted by atomic mass is 16.5. The SMILES string of the molecule is Cc1cc(C)cc(OCC(=O)N2C[C@@H](C(N)=O)Oc3ccccc32)c1. The van der Waals surface area contributed by atoms with Gasteiger partial charge in [0.2, 0.25) is 0 Å². The number of nitrogens with zero attached hydrogens (tertiary/aromatic N) is 1. The number of ether oxygens (including phenoxy) is 2. The second kappa shape index (κ2) is 6.84. The highest BCUT2D eigenvalue weighted by Gasteiger charge is 2.32. The second-order valence-corrected chi connectivity index (χ2v) is 6.09. The van der Waals surface area contributed by atoms with Crippen molar-refractivity contribution in [3.63, 3.8) is 0 Å². The Kier molecular flexibility index (Phi) is 4.61. The van der Waals surface area contributed by atoms with Gasteiger partial charge < -0.3 is 20.1 Å². The van der Waals surface area contributed by atoms with Crippen LogP contribution in [-0.2, 0) is 9.59 Å². The van der Waals surface area contributed by atoms with Gasteiger partial charge in [0.25, 0.3) is 11.8 Å². The van der Waals surface area contributed by atoms with Crippen molar-refractivity contribution in [1.29, 1.82) is 0 Å². The third-order valence-electron chi connectivity index (χ3n) is 3.95. The largest absolute Gasteiger partial charge is 0.484 e. The van der Waals surface area contributed by atoms with E-state index in [1.165, 1.54) is 4.90 Å². The normalized spacial score (nSPS) is 15.9. The summed E-state index contributed by atoms with van der Waals surface area (Å²) in [7, 11) is 0. The molecular formula is C19H20N2O4. The number of amides is 2. The molecule has 0 unspecified atom stereocenters. The summed E-state index contributed by atoms with van der Waals surface area (Å²) < 4.78 is 11.2. The number of carbonyl (C=O) groups is 2. The van der Waals surface area contributed by atoms with Crippen LogP contribution < -0.4 is 20.1 Å². The van der Waals surface area contributed by atoms with Gasteiger partial charge in [-0.1, -0.05) is 18.2 Å². The minimum atomic E-state index is -0.875. The van der Waals surface area contributed by atoms with Crippen molar-refractivity contribution in [3.05, 3.63) is 53.6 Å². The number of para-hydroxylation sites is 2. The lowest BCUT2D eigenvalue weighted by atomic mass is 10.1. The summed E-state index contributed by atoms with van der Waals surface area (Å²) in [6.45, 7) is 3.87. The highest BCUT2D eigenvalue weighted by molar-refractivity contribution is 5.98. The molecule has 1 atom stereocenters. The number of hydrogen-bond acceptors (Lipinski definition) is 4. The summed E-state index contributed by atoms with van der Waals surface area (Å²) in [4.78, 5) is 25.7. The van der Waals surface area contributed by atoms with Crippen molar-refractivity contribution < 1.29 is 19.1 Å². The van der Waals surface area contributed by atoms with Gasteiger partial charge in [0, 0.05) is 0 Å². The predicted octanol–water partition coefficient (Wildman–Crippen LogP) is 1.96. The molecule has 0 radical (unpaired) electrons. The molecule has 0 spiro atoms. The van der Waals surface area contributed by atoms with Crippen LogP contribution in [0.2, 0.25) is 0 Å². The summed E-state index contributed by atoms with van der Waals surface area (Å²) in [6, 6.07) is 12.8. The van der Waals surface area contributed by atoms with Crippen LogP contribution in [0.15, 0.2) is 42.5 Å². The zero-order valence-electron chi connectivity index (χ0n) is 14.2. The Morgan fingerprint density at radius 3 is 2.56 bits per heavy atom. The van der Waals surface area contributed by atoms with Crippen molar-refractivity contribution >= 4 is 17.5 Å². The first kappa shape index (κ1) is 16.8. The third-order valence-corrected chi connectivity index (χ3v) is 3.95. The van der Waals surface area contributed by atoms with Crippen LogP contribution >= 0.6 is 0 Å². The van der Waals surface area contributed by atoms with Crippen molar-refractivity contribution in [1.82, 2.24) is 0 Å². The Morgan fingerprint density at radius 1 is 1.20 bits per heavy atom. The molecule has 2 aromatic rings. The fraction of sp³-hybridized carbons (Fsp3) is 0.263. The molecule has 6 nitrogen and oxygen atoms in total. The molecule has 25 heavy (non-hydrogen) atoms. The standard InChI is InChI=1S/C19H20N2O4/c1-12-7-13(2)9-14(8-12)24-11-18(22)21-10-17(19(20)23)25-16-6-4-3-5-15(16)21/h3-9,17H,10-11H2,1-2H3,(H2,20,23)/t17-/m0/s1. The molecule has 0 fully saturated rings. The van der Waals surface area contributed by atoms with Crippen LogP contribution in [0.3, 0.4) is 0 Å². The molecule has 2 N–H and O–H groups in total. The number of fused-ring (bicyclic) bond motifs is 1. The van der Waals surface area contributed by atoms with E-state index in [0.29, 0.717) is 17.2 Å². The fourth-order valence-corrected chi connectivity index (χ4v) is 2.86. The second-order valence-electron chi connectivity index (χ2n) is 6.09. The maximum atomic E-state index is 12.7. The third kappa shape index (κ3) is 3.74. The molecule has 0 aromatic heterocycles. The van der Waals surface area contributed by atoms with Crippen LogP contribution in [0.5, 0.6) is 11.5 Å². The van der Waals surface area contributed by atoms with E-state index in [0.717, 1.165) is 11.1 Å². The van der Waals surface area contributed by atoms with Gasteiger partial charge in [-0.2, -0.15) is 0 Å². The summed E-state index contributed by atoms with van der Waals surface area (Å²) in [5.41, 5.74) is 8.08. The monoisotopic (exact) mass is 340 g/mol. The first-order valence-corrected chi connectivity index (χ1v) is 8.00. The zero-order valence-corrected chi connectivity index (χ0v) is 14.2. The Balaban J connectivity index is 1.77. The van der Waals surface area contributed by atoms with E-state index in [2.05, 4.69) is 0 Å². The number of carbonyl (C=O) groups excluding carboxylic acids is 2. The van der Waals surface area contributed by atoms with Gasteiger partial charge in [-0.15, -0.1) is 0 Å². The lowest BCUT2D eigenvalue weighted by Gasteiger charge is -2.33. The molecule has 1 aliphatic heterocycles. The molecular weight excluding hydrogens is 320 g/mol. The lowest BCUT2D eigenvalue weighted by Crippen LogP contribution is -2.50. The molecule has 3 rings (SSSR count). The maximum absolute atomic E-state index is 12.7. The molecule has 0 saturated carbocycles. The topological polar surface area (TPSA) is 81.9 Å². The van der Waals surface area contributed by atoms with E-state index in [1.54, 1.807) is 24.3 Å². The molecule has 130 valence electrons. The van der Waals surface area contributed by atoms with Crippen LogP contribution in [0.25, 0.3) is 0 Å². The molecule has 1 aliphatic rings. The number of rotatable bonds is 4. The number of hydrogen-bond donors (Lipinski definition) is 1. The summed E-state index contributed by atoms with van der Waals surface area (Å²) in [6.07, 6.45) is -0.875. The minimum absolute atomic E-state index is 0.0708. The Morgan fingerprint density at radius 2 is 1.88 bits per heavy atom. The summed E-state index contributed by atoms with van der Waals surface area (Å²) in [5.74, 6) is 0.222. The Hall–Kier alpha value is -3.02. The van der Waals surface area contributed by atoms with Crippen LogP contribution in [0, 0.1) is 13.8 Å². The summed E-state index contributed by atoms with van der Waals surface area (Å²) >= 11 is 0. The molecule has 2 aromatic carbocycles. The van der Waals surface area contributed by atoms with Crippen molar-refractivity contribution in [3.8, 4) is 11.5 Å². The average molecular weight is 340 g/mol.